The van der Waals surface area contributed by atoms with Crippen molar-refractivity contribution in [3.05, 3.63) is 36.2 Å². The van der Waals surface area contributed by atoms with Crippen molar-refractivity contribution in [3.63, 3.8) is 0 Å². The second-order valence-corrected chi connectivity index (χ2v) is 11.8. The third-order valence-corrected chi connectivity index (χ3v) is 8.80. The van der Waals surface area contributed by atoms with Crippen molar-refractivity contribution in [1.82, 2.24) is 30.0 Å². The highest BCUT2D eigenvalue weighted by atomic mass is 19.4. The van der Waals surface area contributed by atoms with Crippen molar-refractivity contribution in [2.45, 2.75) is 70.3 Å². The Labute approximate surface area is 256 Å². The molecule has 0 aliphatic carbocycles. The predicted octanol–water partition coefficient (Wildman–Crippen LogP) is 4.41. The number of halogens is 3. The van der Waals surface area contributed by atoms with Crippen molar-refractivity contribution in [2.75, 3.05) is 57.8 Å². The number of rotatable bonds is 7. The molecule has 3 fully saturated rings. The molecule has 3 atom stereocenters. The maximum Gasteiger partial charge on any atom is 0.408 e. The number of piperidine rings is 1. The van der Waals surface area contributed by atoms with Gasteiger partial charge in [0.2, 0.25) is 5.88 Å². The summed E-state index contributed by atoms with van der Waals surface area (Å²) in [6.07, 6.45) is -0.410. The molecular weight excluding hydrogens is 575 g/mol. The number of pyridine rings is 2. The van der Waals surface area contributed by atoms with Gasteiger partial charge in [0.1, 0.15) is 6.04 Å². The van der Waals surface area contributed by atoms with Crippen molar-refractivity contribution >= 4 is 17.6 Å². The monoisotopic (exact) mass is 617 g/mol. The summed E-state index contributed by atoms with van der Waals surface area (Å²) in [5, 5.41) is 3.15. The second kappa shape index (κ2) is 13.6. The Balaban J connectivity index is 1.43. The Hall–Kier alpha value is -3.61. The number of hydrogen-bond acceptors (Lipinski definition) is 7. The van der Waals surface area contributed by atoms with Crippen LogP contribution in [-0.2, 0) is 0 Å². The highest BCUT2D eigenvalue weighted by Crippen LogP contribution is 2.35. The zero-order valence-electron chi connectivity index (χ0n) is 25.6. The molecule has 3 amide bonds. The summed E-state index contributed by atoms with van der Waals surface area (Å²) in [5.74, 6) is 0.131. The summed E-state index contributed by atoms with van der Waals surface area (Å²) in [4.78, 5) is 43.2. The number of hydrogen-bond donors (Lipinski definition) is 1. The normalized spacial score (nSPS) is 23.1. The van der Waals surface area contributed by atoms with E-state index < -0.39 is 18.2 Å². The van der Waals surface area contributed by atoms with Gasteiger partial charge in [0.25, 0.3) is 5.91 Å². The SMILES string of the molecule is CCOc1ncccc1-c1ccc(N2CCN(C(=O)N3CCCC[C@H]3C(F)(F)F)C[C@H]2CC)c(C(=O)N[C@@H]2CCN(C)C2)n1. The van der Waals surface area contributed by atoms with E-state index >= 15 is 0 Å². The molecule has 3 aliphatic heterocycles. The van der Waals surface area contributed by atoms with Crippen LogP contribution in [0.1, 0.15) is 56.4 Å². The highest BCUT2D eigenvalue weighted by molar-refractivity contribution is 5.99. The van der Waals surface area contributed by atoms with Crippen molar-refractivity contribution in [1.29, 1.82) is 0 Å². The van der Waals surface area contributed by atoms with Crippen LogP contribution < -0.4 is 15.0 Å². The van der Waals surface area contributed by atoms with Crippen LogP contribution in [0.25, 0.3) is 11.3 Å². The van der Waals surface area contributed by atoms with E-state index in [0.717, 1.165) is 24.4 Å². The summed E-state index contributed by atoms with van der Waals surface area (Å²) >= 11 is 0. The lowest BCUT2D eigenvalue weighted by Gasteiger charge is -2.46. The van der Waals surface area contributed by atoms with Gasteiger partial charge in [-0.2, -0.15) is 13.2 Å². The zero-order chi connectivity index (χ0) is 31.4. The lowest BCUT2D eigenvalue weighted by Crippen LogP contribution is -2.61. The number of anilines is 1. The van der Waals surface area contributed by atoms with Crippen LogP contribution in [0.2, 0.25) is 0 Å². The van der Waals surface area contributed by atoms with E-state index in [0.29, 0.717) is 55.2 Å². The topological polar surface area (TPSA) is 94.1 Å². The number of ether oxygens (including phenoxy) is 1. The number of nitrogens with one attached hydrogen (secondary N) is 1. The van der Waals surface area contributed by atoms with Crippen LogP contribution in [0.3, 0.4) is 0 Å². The van der Waals surface area contributed by atoms with Gasteiger partial charge >= 0.3 is 12.2 Å². The number of carbonyl (C=O) groups excluding carboxylic acids is 2. The number of aromatic nitrogens is 2. The molecule has 0 saturated carbocycles. The molecule has 0 aromatic carbocycles. The molecule has 10 nitrogen and oxygen atoms in total. The molecule has 240 valence electrons. The number of carbonyl (C=O) groups is 2. The Morgan fingerprint density at radius 2 is 1.86 bits per heavy atom. The van der Waals surface area contributed by atoms with Crippen LogP contribution in [0.4, 0.5) is 23.7 Å². The second-order valence-electron chi connectivity index (χ2n) is 11.8. The average Bonchev–Trinajstić information content (AvgIpc) is 3.44. The average molecular weight is 618 g/mol. The third kappa shape index (κ3) is 6.87. The molecule has 0 spiro atoms. The fraction of sp³-hybridized carbons (Fsp3) is 0.613. The Morgan fingerprint density at radius 3 is 2.57 bits per heavy atom. The maximum atomic E-state index is 13.8. The van der Waals surface area contributed by atoms with Gasteiger partial charge < -0.3 is 29.7 Å². The predicted molar refractivity (Wildman–Crippen MR) is 161 cm³/mol. The minimum Gasteiger partial charge on any atom is -0.477 e. The van der Waals surface area contributed by atoms with Gasteiger partial charge in [0, 0.05) is 51.0 Å². The van der Waals surface area contributed by atoms with Gasteiger partial charge in [-0.15, -0.1) is 0 Å². The van der Waals surface area contributed by atoms with Gasteiger partial charge in [-0.05, 0) is 76.9 Å². The minimum absolute atomic E-state index is 0.00857. The molecule has 0 unspecified atom stereocenters. The molecule has 3 saturated heterocycles. The van der Waals surface area contributed by atoms with Gasteiger partial charge in [-0.25, -0.2) is 14.8 Å². The summed E-state index contributed by atoms with van der Waals surface area (Å²) in [6.45, 7) is 6.86. The van der Waals surface area contributed by atoms with Crippen molar-refractivity contribution in [3.8, 4) is 17.1 Å². The fourth-order valence-electron chi connectivity index (χ4n) is 6.52. The van der Waals surface area contributed by atoms with Crippen molar-refractivity contribution in [2.24, 2.45) is 0 Å². The smallest absolute Gasteiger partial charge is 0.408 e. The summed E-state index contributed by atoms with van der Waals surface area (Å²) in [7, 11) is 2.02. The van der Waals surface area contributed by atoms with E-state index in [1.165, 1.54) is 4.90 Å². The third-order valence-electron chi connectivity index (χ3n) is 8.80. The highest BCUT2D eigenvalue weighted by Gasteiger charge is 2.47. The van der Waals surface area contributed by atoms with Gasteiger partial charge in [-0.3, -0.25) is 4.79 Å². The van der Waals surface area contributed by atoms with E-state index in [4.69, 9.17) is 9.72 Å². The number of alkyl halides is 3. The number of nitrogens with zero attached hydrogens (tertiary/aromatic N) is 6. The first-order valence-electron chi connectivity index (χ1n) is 15.6. The van der Waals surface area contributed by atoms with Crippen molar-refractivity contribution < 1.29 is 27.5 Å². The first-order chi connectivity index (χ1) is 21.1. The molecule has 2 aromatic heterocycles. The maximum absolute atomic E-state index is 13.8. The molecule has 3 aliphatic rings. The molecule has 1 N–H and O–H groups in total. The molecule has 0 bridgehead atoms. The molecule has 0 radical (unpaired) electrons. The van der Waals surface area contributed by atoms with E-state index in [1.807, 2.05) is 39.1 Å². The summed E-state index contributed by atoms with van der Waals surface area (Å²) in [5.41, 5.74) is 2.10. The standard InChI is InChI=1S/C31H42F3N7O3/c1-4-22-20-39(30(43)41-15-7-6-10-26(41)31(32,33)34)17-18-40(22)25-12-11-24(23-9-8-14-35-29(23)44-5-2)37-27(25)28(42)36-21-13-16-38(3)19-21/h8-9,11-12,14,21-22,26H,4-7,10,13,15-20H2,1-3H3,(H,36,42)/t21-,22-,26+/m1/s1. The quantitative estimate of drug-likeness (QED) is 0.492. The molecule has 5 heterocycles. The summed E-state index contributed by atoms with van der Waals surface area (Å²) < 4.78 is 47.1. The van der Waals surface area contributed by atoms with Gasteiger partial charge in [0.15, 0.2) is 5.69 Å². The molecular formula is C31H42F3N7O3. The Bertz CT molecular complexity index is 1330. The minimum atomic E-state index is -4.46. The van der Waals surface area contributed by atoms with E-state index in [1.54, 1.807) is 12.3 Å². The van der Waals surface area contributed by atoms with E-state index in [9.17, 15) is 22.8 Å². The van der Waals surface area contributed by atoms with Gasteiger partial charge in [0.05, 0.1) is 23.6 Å². The zero-order valence-corrected chi connectivity index (χ0v) is 25.6. The van der Waals surface area contributed by atoms with Crippen LogP contribution in [0, 0.1) is 0 Å². The Morgan fingerprint density at radius 1 is 1.05 bits per heavy atom. The molecule has 2 aromatic rings. The van der Waals surface area contributed by atoms with Crippen LogP contribution in [0.5, 0.6) is 5.88 Å². The number of likely N-dealkylation sites (tertiary alicyclic amines) is 2. The van der Waals surface area contributed by atoms with Gasteiger partial charge in [-0.1, -0.05) is 6.92 Å². The Kier molecular flexibility index (Phi) is 9.81. The first kappa shape index (κ1) is 31.8. The van der Waals surface area contributed by atoms with Crippen LogP contribution in [0.15, 0.2) is 30.5 Å². The fourth-order valence-corrected chi connectivity index (χ4v) is 6.52. The summed E-state index contributed by atoms with van der Waals surface area (Å²) in [6, 6.07) is 4.80. The van der Waals surface area contributed by atoms with Crippen LogP contribution >= 0.6 is 0 Å². The van der Waals surface area contributed by atoms with E-state index in [-0.39, 0.29) is 49.7 Å². The van der Waals surface area contributed by atoms with E-state index in [2.05, 4.69) is 20.1 Å². The largest absolute Gasteiger partial charge is 0.477 e. The number of likely N-dealkylation sites (N-methyl/N-ethyl adjacent to an activating group) is 1. The number of urea groups is 1. The lowest BCUT2D eigenvalue weighted by molar-refractivity contribution is -0.183. The number of amides is 3. The molecule has 44 heavy (non-hydrogen) atoms. The molecule has 13 heteroatoms. The first-order valence-corrected chi connectivity index (χ1v) is 15.6. The number of piperazine rings is 1. The van der Waals surface area contributed by atoms with Crippen LogP contribution in [-0.4, -0.2) is 114 Å². The molecule has 5 rings (SSSR count). The lowest BCUT2D eigenvalue weighted by atomic mass is 10.0.